The molecule has 0 atom stereocenters. The molecule has 0 N–H and O–H groups in total. The van der Waals surface area contributed by atoms with E-state index in [1.807, 2.05) is 43.3 Å². The van der Waals surface area contributed by atoms with Crippen LogP contribution < -0.4 is 0 Å². The highest BCUT2D eigenvalue weighted by molar-refractivity contribution is 5.98. The van der Waals surface area contributed by atoms with Crippen molar-refractivity contribution in [2.75, 3.05) is 6.61 Å². The first kappa shape index (κ1) is 18.2. The van der Waals surface area contributed by atoms with E-state index in [0.717, 1.165) is 18.5 Å². The summed E-state index contributed by atoms with van der Waals surface area (Å²) in [4.78, 5) is 12.2. The van der Waals surface area contributed by atoms with Crippen molar-refractivity contribution >= 4 is 12.0 Å². The van der Waals surface area contributed by atoms with Crippen LogP contribution in [-0.2, 0) is 9.53 Å². The standard InChI is InChI=1S/C21H19N3O3/c1-2-3-11-27-21(25)16(14-22)13-17-15-24(18-8-5-4-6-9-18)23-20(17)19-10-7-12-26-19/h4-10,12-13,15H,2-3,11H2,1H3/b16-13+. The number of benzene rings is 1. The van der Waals surface area contributed by atoms with Gasteiger partial charge in [0.2, 0.25) is 0 Å². The minimum atomic E-state index is -0.635. The molecule has 3 rings (SSSR count). The molecule has 27 heavy (non-hydrogen) atoms. The number of rotatable bonds is 7. The Hall–Kier alpha value is -3.59. The molecular weight excluding hydrogens is 342 g/mol. The fraction of sp³-hybridized carbons (Fsp3) is 0.190. The maximum absolute atomic E-state index is 12.2. The third kappa shape index (κ3) is 4.33. The molecule has 0 saturated heterocycles. The molecule has 2 aromatic heterocycles. The molecule has 1 aromatic carbocycles. The Bertz CT molecular complexity index is 964. The van der Waals surface area contributed by atoms with Crippen LogP contribution in [0.5, 0.6) is 0 Å². The van der Waals surface area contributed by atoms with Gasteiger partial charge in [0.05, 0.1) is 18.6 Å². The van der Waals surface area contributed by atoms with Gasteiger partial charge in [0.15, 0.2) is 5.76 Å². The summed E-state index contributed by atoms with van der Waals surface area (Å²) in [6, 6.07) is 15.0. The van der Waals surface area contributed by atoms with Crippen molar-refractivity contribution in [2.24, 2.45) is 0 Å². The van der Waals surface area contributed by atoms with E-state index < -0.39 is 5.97 Å². The van der Waals surface area contributed by atoms with Crippen molar-refractivity contribution in [3.05, 3.63) is 66.1 Å². The van der Waals surface area contributed by atoms with E-state index in [2.05, 4.69) is 5.10 Å². The number of nitrogens with zero attached hydrogens (tertiary/aromatic N) is 3. The molecule has 0 aliphatic rings. The maximum Gasteiger partial charge on any atom is 0.348 e. The number of nitriles is 1. The Labute approximate surface area is 157 Å². The van der Waals surface area contributed by atoms with Gasteiger partial charge in [0.25, 0.3) is 0 Å². The summed E-state index contributed by atoms with van der Waals surface area (Å²) in [5.74, 6) is -0.0867. The second-order valence-electron chi connectivity index (χ2n) is 5.85. The van der Waals surface area contributed by atoms with Crippen LogP contribution in [0, 0.1) is 11.3 Å². The van der Waals surface area contributed by atoms with Gasteiger partial charge in [-0.3, -0.25) is 0 Å². The number of hydrogen-bond acceptors (Lipinski definition) is 5. The molecule has 0 fully saturated rings. The number of ether oxygens (including phenoxy) is 1. The van der Waals surface area contributed by atoms with E-state index in [1.165, 1.54) is 6.08 Å². The molecule has 0 unspecified atom stereocenters. The lowest BCUT2D eigenvalue weighted by molar-refractivity contribution is -0.138. The first-order chi connectivity index (χ1) is 13.2. The minimum absolute atomic E-state index is 0.0773. The Morgan fingerprint density at radius 3 is 2.78 bits per heavy atom. The minimum Gasteiger partial charge on any atom is -0.463 e. The molecular formula is C21H19N3O3. The fourth-order valence-corrected chi connectivity index (χ4v) is 2.49. The summed E-state index contributed by atoms with van der Waals surface area (Å²) in [7, 11) is 0. The Balaban J connectivity index is 1.99. The second-order valence-corrected chi connectivity index (χ2v) is 5.85. The van der Waals surface area contributed by atoms with Gasteiger partial charge in [-0.1, -0.05) is 31.5 Å². The number of furan rings is 1. The van der Waals surface area contributed by atoms with Gasteiger partial charge >= 0.3 is 5.97 Å². The predicted molar refractivity (Wildman–Crippen MR) is 101 cm³/mol. The molecule has 6 nitrogen and oxygen atoms in total. The third-order valence-corrected chi connectivity index (χ3v) is 3.89. The number of unbranched alkanes of at least 4 members (excludes halogenated alkanes) is 1. The monoisotopic (exact) mass is 361 g/mol. The van der Waals surface area contributed by atoms with Gasteiger partial charge in [0, 0.05) is 11.8 Å². The summed E-state index contributed by atoms with van der Waals surface area (Å²) in [5.41, 5.74) is 1.91. The maximum atomic E-state index is 12.2. The molecule has 6 heteroatoms. The van der Waals surface area contributed by atoms with Crippen molar-refractivity contribution in [3.8, 4) is 23.2 Å². The number of carbonyl (C=O) groups is 1. The molecule has 0 radical (unpaired) electrons. The summed E-state index contributed by atoms with van der Waals surface area (Å²) >= 11 is 0. The zero-order valence-corrected chi connectivity index (χ0v) is 15.0. The molecule has 0 spiro atoms. The smallest absolute Gasteiger partial charge is 0.348 e. The van der Waals surface area contributed by atoms with Gasteiger partial charge in [-0.05, 0) is 36.8 Å². The molecule has 2 heterocycles. The number of hydrogen-bond donors (Lipinski definition) is 0. The van der Waals surface area contributed by atoms with Crippen molar-refractivity contribution in [2.45, 2.75) is 19.8 Å². The summed E-state index contributed by atoms with van der Waals surface area (Å²) in [6.45, 7) is 2.30. The number of esters is 1. The lowest BCUT2D eigenvalue weighted by Crippen LogP contribution is -2.07. The predicted octanol–water partition coefficient (Wildman–Crippen LogP) is 4.38. The zero-order valence-electron chi connectivity index (χ0n) is 15.0. The average Bonchev–Trinajstić information content (AvgIpc) is 3.36. The van der Waals surface area contributed by atoms with Gasteiger partial charge < -0.3 is 9.15 Å². The van der Waals surface area contributed by atoms with E-state index in [0.29, 0.717) is 23.6 Å². The highest BCUT2D eigenvalue weighted by Gasteiger charge is 2.17. The highest BCUT2D eigenvalue weighted by Crippen LogP contribution is 2.26. The van der Waals surface area contributed by atoms with Crippen LogP contribution in [0.4, 0.5) is 0 Å². The van der Waals surface area contributed by atoms with E-state index in [4.69, 9.17) is 9.15 Å². The van der Waals surface area contributed by atoms with Gasteiger partial charge in [-0.15, -0.1) is 0 Å². The van der Waals surface area contributed by atoms with Gasteiger partial charge in [-0.25, -0.2) is 9.48 Å². The molecule has 0 saturated carbocycles. The SMILES string of the molecule is CCCCOC(=O)/C(C#N)=C/c1cn(-c2ccccc2)nc1-c1ccco1. The van der Waals surface area contributed by atoms with Gasteiger partial charge in [-0.2, -0.15) is 10.4 Å². The van der Waals surface area contributed by atoms with E-state index >= 15 is 0 Å². The van der Waals surface area contributed by atoms with Crippen molar-refractivity contribution in [3.63, 3.8) is 0 Å². The third-order valence-electron chi connectivity index (χ3n) is 3.89. The Morgan fingerprint density at radius 1 is 1.30 bits per heavy atom. The molecule has 0 aliphatic carbocycles. The topological polar surface area (TPSA) is 81.0 Å². The highest BCUT2D eigenvalue weighted by atomic mass is 16.5. The Kier molecular flexibility index (Phi) is 5.85. The van der Waals surface area contributed by atoms with Gasteiger partial charge in [0.1, 0.15) is 17.3 Å². The van der Waals surface area contributed by atoms with Crippen LogP contribution in [0.15, 0.2) is 64.9 Å². The quantitative estimate of drug-likeness (QED) is 0.270. The summed E-state index contributed by atoms with van der Waals surface area (Å²) in [6.07, 6.45) is 6.45. The van der Waals surface area contributed by atoms with Crippen LogP contribution in [0.1, 0.15) is 25.3 Å². The number of aromatic nitrogens is 2. The normalized spacial score (nSPS) is 11.2. The summed E-state index contributed by atoms with van der Waals surface area (Å²) in [5, 5.41) is 14.0. The van der Waals surface area contributed by atoms with Crippen LogP contribution in [-0.4, -0.2) is 22.4 Å². The van der Waals surface area contributed by atoms with E-state index in [1.54, 1.807) is 29.3 Å². The first-order valence-corrected chi connectivity index (χ1v) is 8.70. The average molecular weight is 361 g/mol. The van der Waals surface area contributed by atoms with Crippen LogP contribution in [0.3, 0.4) is 0 Å². The van der Waals surface area contributed by atoms with Crippen molar-refractivity contribution in [1.29, 1.82) is 5.26 Å². The lowest BCUT2D eigenvalue weighted by atomic mass is 10.1. The van der Waals surface area contributed by atoms with E-state index in [9.17, 15) is 10.1 Å². The first-order valence-electron chi connectivity index (χ1n) is 8.70. The zero-order chi connectivity index (χ0) is 19.1. The van der Waals surface area contributed by atoms with Crippen molar-refractivity contribution in [1.82, 2.24) is 9.78 Å². The molecule has 0 bridgehead atoms. The molecule has 136 valence electrons. The molecule has 0 aliphatic heterocycles. The summed E-state index contributed by atoms with van der Waals surface area (Å²) < 4.78 is 12.3. The van der Waals surface area contributed by atoms with Crippen LogP contribution in [0.25, 0.3) is 23.2 Å². The van der Waals surface area contributed by atoms with Crippen molar-refractivity contribution < 1.29 is 13.9 Å². The van der Waals surface area contributed by atoms with Crippen LogP contribution >= 0.6 is 0 Å². The van der Waals surface area contributed by atoms with E-state index in [-0.39, 0.29) is 5.57 Å². The van der Waals surface area contributed by atoms with Crippen LogP contribution in [0.2, 0.25) is 0 Å². The second kappa shape index (κ2) is 8.68. The number of carbonyl (C=O) groups excluding carboxylic acids is 1. The lowest BCUT2D eigenvalue weighted by Gasteiger charge is -2.02. The molecule has 0 amide bonds. The fourth-order valence-electron chi connectivity index (χ4n) is 2.49. The Morgan fingerprint density at radius 2 is 2.11 bits per heavy atom. The number of para-hydroxylation sites is 1. The largest absolute Gasteiger partial charge is 0.463 e. The molecule has 3 aromatic rings.